The molecule has 1 aliphatic heterocycles. The van der Waals surface area contributed by atoms with E-state index in [1.165, 1.54) is 0 Å². The Balaban J connectivity index is 1.56. The monoisotopic (exact) mass is 332 g/mol. The molecule has 0 unspecified atom stereocenters. The molecule has 122 valence electrons. The lowest BCUT2D eigenvalue weighted by Gasteiger charge is -2.33. The quantitative estimate of drug-likeness (QED) is 0.672. The Morgan fingerprint density at radius 2 is 2.17 bits per heavy atom. The molecule has 2 aromatic heterocycles. The number of hydrogen-bond donors (Lipinski definition) is 1. The van der Waals surface area contributed by atoms with Gasteiger partial charge in [-0.25, -0.2) is 15.0 Å². The molecule has 0 radical (unpaired) electrons. The Kier molecular flexibility index (Phi) is 4.80. The van der Waals surface area contributed by atoms with Gasteiger partial charge in [0.05, 0.1) is 12.5 Å². The van der Waals surface area contributed by atoms with E-state index in [-0.39, 0.29) is 11.9 Å². The predicted molar refractivity (Wildman–Crippen MR) is 89.7 cm³/mol. The first-order valence-electron chi connectivity index (χ1n) is 7.56. The summed E-state index contributed by atoms with van der Waals surface area (Å²) in [7, 11) is 1.82. The summed E-state index contributed by atoms with van der Waals surface area (Å²) in [6.07, 6.45) is 8.80. The molecule has 0 aromatic carbocycles. The first-order chi connectivity index (χ1) is 11.2. The number of carbonyl (C=O) groups is 1. The second-order valence-electron chi connectivity index (χ2n) is 5.53. The summed E-state index contributed by atoms with van der Waals surface area (Å²) in [4.78, 5) is 27.2. The maximum absolute atomic E-state index is 12.2. The lowest BCUT2D eigenvalue weighted by atomic mass is 10.0. The van der Waals surface area contributed by atoms with E-state index in [4.69, 9.17) is 0 Å². The van der Waals surface area contributed by atoms with Crippen molar-refractivity contribution in [2.45, 2.75) is 24.0 Å². The van der Waals surface area contributed by atoms with Crippen LogP contribution in [0.2, 0.25) is 0 Å². The Hall–Kier alpha value is -2.09. The van der Waals surface area contributed by atoms with Crippen LogP contribution >= 0.6 is 11.8 Å². The summed E-state index contributed by atoms with van der Waals surface area (Å²) in [6, 6.07) is 2.13. The number of aromatic nitrogens is 4. The van der Waals surface area contributed by atoms with Gasteiger partial charge in [-0.2, -0.15) is 0 Å². The third kappa shape index (κ3) is 3.64. The summed E-state index contributed by atoms with van der Waals surface area (Å²) in [5, 5.41) is 3.88. The van der Waals surface area contributed by atoms with Crippen molar-refractivity contribution >= 4 is 23.5 Å². The molecule has 1 amide bonds. The number of amides is 1. The number of thioether (sulfide) groups is 1. The van der Waals surface area contributed by atoms with E-state index < -0.39 is 0 Å². The lowest BCUT2D eigenvalue weighted by Crippen LogP contribution is -2.45. The van der Waals surface area contributed by atoms with Crippen LogP contribution in [-0.2, 0) is 7.05 Å². The molecule has 0 saturated carbocycles. The van der Waals surface area contributed by atoms with Gasteiger partial charge in [-0.3, -0.25) is 4.79 Å². The average Bonchev–Trinajstić information content (AvgIpc) is 3.02. The number of nitrogens with one attached hydrogen (secondary N) is 1. The van der Waals surface area contributed by atoms with Gasteiger partial charge in [-0.1, -0.05) is 11.8 Å². The Labute approximate surface area is 139 Å². The van der Waals surface area contributed by atoms with Gasteiger partial charge in [0.15, 0.2) is 5.16 Å². The van der Waals surface area contributed by atoms with Gasteiger partial charge in [0.25, 0.3) is 5.91 Å². The third-order valence-electron chi connectivity index (χ3n) is 4.00. The van der Waals surface area contributed by atoms with E-state index in [0.717, 1.165) is 36.9 Å². The van der Waals surface area contributed by atoms with Crippen molar-refractivity contribution in [3.63, 3.8) is 0 Å². The highest BCUT2D eigenvalue weighted by Crippen LogP contribution is 2.20. The summed E-state index contributed by atoms with van der Waals surface area (Å²) in [5.74, 6) is 0.899. The number of rotatable bonds is 4. The number of hydrogen-bond acceptors (Lipinski definition) is 6. The molecule has 0 spiro atoms. The number of aryl methyl sites for hydroxylation is 1. The van der Waals surface area contributed by atoms with Gasteiger partial charge < -0.3 is 14.8 Å². The van der Waals surface area contributed by atoms with Crippen molar-refractivity contribution in [2.24, 2.45) is 7.05 Å². The molecular weight excluding hydrogens is 312 g/mol. The van der Waals surface area contributed by atoms with E-state index in [9.17, 15) is 4.79 Å². The predicted octanol–water partition coefficient (Wildman–Crippen LogP) is 1.33. The lowest BCUT2D eigenvalue weighted by molar-refractivity contribution is 0.0923. The van der Waals surface area contributed by atoms with E-state index >= 15 is 0 Å². The molecule has 3 heterocycles. The maximum atomic E-state index is 12.2. The first-order valence-corrected chi connectivity index (χ1v) is 8.79. The van der Waals surface area contributed by atoms with Crippen LogP contribution in [0, 0.1) is 0 Å². The summed E-state index contributed by atoms with van der Waals surface area (Å²) < 4.78 is 1.73. The topological polar surface area (TPSA) is 75.9 Å². The van der Waals surface area contributed by atoms with Crippen LogP contribution < -0.4 is 10.2 Å². The number of nitrogens with zero attached hydrogens (tertiary/aromatic N) is 5. The zero-order valence-corrected chi connectivity index (χ0v) is 14.1. The van der Waals surface area contributed by atoms with Gasteiger partial charge >= 0.3 is 0 Å². The molecule has 3 rings (SSSR count). The smallest absolute Gasteiger partial charge is 0.269 e. The highest BCUT2D eigenvalue weighted by Gasteiger charge is 2.23. The molecule has 1 aliphatic rings. The first kappa shape index (κ1) is 15.8. The normalized spacial score (nSPS) is 15.7. The van der Waals surface area contributed by atoms with Crippen molar-refractivity contribution in [1.29, 1.82) is 0 Å². The summed E-state index contributed by atoms with van der Waals surface area (Å²) in [6.45, 7) is 1.75. The van der Waals surface area contributed by atoms with E-state index in [0.29, 0.717) is 5.69 Å². The van der Waals surface area contributed by atoms with Crippen molar-refractivity contribution in [1.82, 2.24) is 24.8 Å². The van der Waals surface area contributed by atoms with Crippen molar-refractivity contribution < 1.29 is 4.79 Å². The minimum absolute atomic E-state index is 0.0600. The molecule has 1 saturated heterocycles. The molecule has 0 aliphatic carbocycles. The second-order valence-corrected chi connectivity index (χ2v) is 6.30. The standard InChI is InChI=1S/C15H20N6OS/c1-20-10-16-9-12(20)14(22)18-11-4-7-21(8-5-11)13-3-6-17-15(19-13)23-2/h3,6,9-11H,4-5,7-8H2,1-2H3,(H,18,22). The van der Waals surface area contributed by atoms with Gasteiger partial charge in [0.2, 0.25) is 0 Å². The fourth-order valence-corrected chi connectivity index (χ4v) is 3.05. The van der Waals surface area contributed by atoms with Gasteiger partial charge in [-0.05, 0) is 25.2 Å². The van der Waals surface area contributed by atoms with Crippen molar-refractivity contribution in [3.05, 3.63) is 30.5 Å². The average molecular weight is 332 g/mol. The fourth-order valence-electron chi connectivity index (χ4n) is 2.69. The summed E-state index contributed by atoms with van der Waals surface area (Å²) >= 11 is 1.54. The van der Waals surface area contributed by atoms with Crippen LogP contribution in [0.1, 0.15) is 23.3 Å². The fraction of sp³-hybridized carbons (Fsp3) is 0.467. The molecule has 8 heteroatoms. The molecule has 7 nitrogen and oxygen atoms in total. The van der Waals surface area contributed by atoms with Crippen LogP contribution in [0.4, 0.5) is 5.82 Å². The number of carbonyl (C=O) groups excluding carboxylic acids is 1. The van der Waals surface area contributed by atoms with Crippen LogP contribution in [0.25, 0.3) is 0 Å². The number of anilines is 1. The Bertz CT molecular complexity index is 680. The number of imidazole rings is 1. The van der Waals surface area contributed by atoms with Crippen molar-refractivity contribution in [3.8, 4) is 0 Å². The highest BCUT2D eigenvalue weighted by molar-refractivity contribution is 7.98. The van der Waals surface area contributed by atoms with Crippen molar-refractivity contribution in [2.75, 3.05) is 24.2 Å². The molecule has 0 atom stereocenters. The molecule has 0 bridgehead atoms. The molecule has 1 fully saturated rings. The Morgan fingerprint density at radius 1 is 1.39 bits per heavy atom. The zero-order chi connectivity index (χ0) is 16.2. The van der Waals surface area contributed by atoms with Gasteiger partial charge in [-0.15, -0.1) is 0 Å². The van der Waals surface area contributed by atoms with Crippen LogP contribution in [0.15, 0.2) is 29.9 Å². The minimum Gasteiger partial charge on any atom is -0.356 e. The van der Waals surface area contributed by atoms with Crippen LogP contribution in [0.3, 0.4) is 0 Å². The van der Waals surface area contributed by atoms with E-state index in [1.54, 1.807) is 35.0 Å². The van der Waals surface area contributed by atoms with Gasteiger partial charge in [0, 0.05) is 32.4 Å². The second kappa shape index (κ2) is 6.99. The molecular formula is C15H20N6OS. The molecule has 2 aromatic rings. The third-order valence-corrected chi connectivity index (χ3v) is 4.57. The van der Waals surface area contributed by atoms with E-state index in [2.05, 4.69) is 25.2 Å². The highest BCUT2D eigenvalue weighted by atomic mass is 32.2. The Morgan fingerprint density at radius 3 is 2.83 bits per heavy atom. The SMILES string of the molecule is CSc1nccc(N2CCC(NC(=O)c3cncn3C)CC2)n1. The van der Waals surface area contributed by atoms with Crippen LogP contribution in [0.5, 0.6) is 0 Å². The zero-order valence-electron chi connectivity index (χ0n) is 13.3. The molecule has 23 heavy (non-hydrogen) atoms. The van der Waals surface area contributed by atoms with E-state index in [1.807, 2.05) is 19.4 Å². The molecule has 1 N–H and O–H groups in total. The maximum Gasteiger partial charge on any atom is 0.269 e. The van der Waals surface area contributed by atoms with Crippen LogP contribution in [-0.4, -0.2) is 50.8 Å². The largest absolute Gasteiger partial charge is 0.356 e. The summed E-state index contributed by atoms with van der Waals surface area (Å²) in [5.41, 5.74) is 0.591. The van der Waals surface area contributed by atoms with Gasteiger partial charge in [0.1, 0.15) is 11.5 Å². The minimum atomic E-state index is -0.0600. The number of piperidine rings is 1.